The van der Waals surface area contributed by atoms with Gasteiger partial charge in [0.15, 0.2) is 0 Å². The first-order valence-corrected chi connectivity index (χ1v) is 6.96. The van der Waals surface area contributed by atoms with Crippen LogP contribution in [0.5, 0.6) is 11.5 Å². The largest absolute Gasteiger partial charge is 0.456 e. The maximum Gasteiger partial charge on any atom is 0.146 e. The molecule has 0 aromatic heterocycles. The molecule has 0 fully saturated rings. The number of benzene rings is 2. The third kappa shape index (κ3) is 3.01. The Kier molecular flexibility index (Phi) is 4.31. The molecule has 0 radical (unpaired) electrons. The van der Waals surface area contributed by atoms with E-state index in [0.717, 1.165) is 4.90 Å². The third-order valence-electron chi connectivity index (χ3n) is 2.44. The van der Waals surface area contributed by atoms with Crippen molar-refractivity contribution >= 4 is 23.4 Å². The lowest BCUT2D eigenvalue weighted by molar-refractivity contribution is 0.474. The molecule has 0 amide bonds. The molecule has 19 heavy (non-hydrogen) atoms. The van der Waals surface area contributed by atoms with Crippen molar-refractivity contribution in [3.05, 3.63) is 52.8 Å². The van der Waals surface area contributed by atoms with Crippen LogP contribution in [0.3, 0.4) is 0 Å². The van der Waals surface area contributed by atoms with E-state index in [1.54, 1.807) is 18.2 Å². The van der Waals surface area contributed by atoms with Crippen LogP contribution in [-0.2, 0) is 0 Å². The summed E-state index contributed by atoms with van der Waals surface area (Å²) in [6.45, 7) is 0. The minimum Gasteiger partial charge on any atom is -0.456 e. The van der Waals surface area contributed by atoms with Crippen LogP contribution < -0.4 is 4.74 Å². The number of hydrogen-bond acceptors (Lipinski definition) is 3. The highest BCUT2D eigenvalue weighted by atomic mass is 35.5. The number of hydrogen-bond donors (Lipinski definition) is 0. The molecule has 0 bridgehead atoms. The minimum absolute atomic E-state index is 0.0331. The molecule has 0 saturated carbocycles. The van der Waals surface area contributed by atoms with E-state index < -0.39 is 5.82 Å². The molecular weight excluding hydrogens is 285 g/mol. The maximum absolute atomic E-state index is 13.3. The highest BCUT2D eigenvalue weighted by molar-refractivity contribution is 7.98. The molecule has 0 atom stereocenters. The fourth-order valence-electron chi connectivity index (χ4n) is 1.54. The molecule has 2 nitrogen and oxygen atoms in total. The molecule has 0 spiro atoms. The standard InChI is InChI=1S/C14H9ClFNOS/c1-19-14-4-2-3-13(10(14)8-17)18-9-5-6-11(15)12(16)7-9/h2-7H,1H3. The normalized spacial score (nSPS) is 10.0. The molecule has 0 N–H and O–H groups in total. The molecule has 96 valence electrons. The van der Waals surface area contributed by atoms with Crippen LogP contribution in [-0.4, -0.2) is 6.26 Å². The number of nitriles is 1. The van der Waals surface area contributed by atoms with E-state index in [0.29, 0.717) is 17.1 Å². The Morgan fingerprint density at radius 1 is 1.32 bits per heavy atom. The summed E-state index contributed by atoms with van der Waals surface area (Å²) < 4.78 is 18.9. The quantitative estimate of drug-likeness (QED) is 0.757. The highest BCUT2D eigenvalue weighted by Gasteiger charge is 2.10. The second-order valence-electron chi connectivity index (χ2n) is 3.62. The van der Waals surface area contributed by atoms with Gasteiger partial charge in [-0.15, -0.1) is 11.8 Å². The first-order chi connectivity index (χ1) is 9.15. The number of ether oxygens (including phenoxy) is 1. The Labute approximate surface area is 119 Å². The van der Waals surface area contributed by atoms with E-state index in [4.69, 9.17) is 21.6 Å². The average molecular weight is 294 g/mol. The van der Waals surface area contributed by atoms with Gasteiger partial charge in [0, 0.05) is 11.0 Å². The lowest BCUT2D eigenvalue weighted by Gasteiger charge is -2.09. The van der Waals surface area contributed by atoms with Crippen molar-refractivity contribution < 1.29 is 9.13 Å². The second kappa shape index (κ2) is 5.96. The molecule has 2 aromatic carbocycles. The summed E-state index contributed by atoms with van der Waals surface area (Å²) in [6, 6.07) is 11.5. The fraction of sp³-hybridized carbons (Fsp3) is 0.0714. The molecule has 0 aliphatic rings. The second-order valence-corrected chi connectivity index (χ2v) is 4.88. The van der Waals surface area contributed by atoms with Gasteiger partial charge in [0.2, 0.25) is 0 Å². The lowest BCUT2D eigenvalue weighted by atomic mass is 10.2. The van der Waals surface area contributed by atoms with Crippen molar-refractivity contribution in [1.82, 2.24) is 0 Å². The van der Waals surface area contributed by atoms with Crippen LogP contribution in [0.25, 0.3) is 0 Å². The van der Waals surface area contributed by atoms with Crippen molar-refractivity contribution in [1.29, 1.82) is 5.26 Å². The van der Waals surface area contributed by atoms with Crippen molar-refractivity contribution in [3.63, 3.8) is 0 Å². The van der Waals surface area contributed by atoms with Crippen LogP contribution in [0, 0.1) is 17.1 Å². The first kappa shape index (κ1) is 13.7. The van der Waals surface area contributed by atoms with Gasteiger partial charge in [0.25, 0.3) is 0 Å². The molecule has 2 rings (SSSR count). The van der Waals surface area contributed by atoms with Crippen LogP contribution in [0.4, 0.5) is 4.39 Å². The first-order valence-electron chi connectivity index (χ1n) is 5.35. The molecule has 2 aromatic rings. The zero-order chi connectivity index (χ0) is 13.8. The van der Waals surface area contributed by atoms with Gasteiger partial charge in [-0.3, -0.25) is 0 Å². The summed E-state index contributed by atoms with van der Waals surface area (Å²) in [4.78, 5) is 0.814. The Morgan fingerprint density at radius 2 is 2.11 bits per heavy atom. The predicted molar refractivity (Wildman–Crippen MR) is 74.4 cm³/mol. The smallest absolute Gasteiger partial charge is 0.146 e. The maximum atomic E-state index is 13.3. The van der Waals surface area contributed by atoms with Gasteiger partial charge in [-0.1, -0.05) is 17.7 Å². The van der Waals surface area contributed by atoms with Crippen molar-refractivity contribution in [2.24, 2.45) is 0 Å². The summed E-state index contributed by atoms with van der Waals surface area (Å²) in [7, 11) is 0. The van der Waals surface area contributed by atoms with Gasteiger partial charge in [-0.25, -0.2) is 4.39 Å². The highest BCUT2D eigenvalue weighted by Crippen LogP contribution is 2.32. The Hall–Kier alpha value is -1.70. The van der Waals surface area contributed by atoms with Crippen molar-refractivity contribution in [2.75, 3.05) is 6.26 Å². The monoisotopic (exact) mass is 293 g/mol. The SMILES string of the molecule is CSc1cccc(Oc2ccc(Cl)c(F)c2)c1C#N. The minimum atomic E-state index is -0.557. The molecule has 5 heteroatoms. The van der Waals surface area contributed by atoms with E-state index in [-0.39, 0.29) is 5.02 Å². The number of nitrogens with zero attached hydrogens (tertiary/aromatic N) is 1. The predicted octanol–water partition coefficient (Wildman–Crippen LogP) is 4.86. The summed E-state index contributed by atoms with van der Waals surface area (Å²) in [5.41, 5.74) is 0.436. The topological polar surface area (TPSA) is 33.0 Å². The van der Waals surface area contributed by atoms with Gasteiger partial charge in [-0.2, -0.15) is 5.26 Å². The van der Waals surface area contributed by atoms with E-state index in [1.807, 2.05) is 12.3 Å². The van der Waals surface area contributed by atoms with Crippen molar-refractivity contribution in [3.8, 4) is 17.6 Å². The Balaban J connectivity index is 2.38. The average Bonchev–Trinajstić information content (AvgIpc) is 2.42. The summed E-state index contributed by atoms with van der Waals surface area (Å²) >= 11 is 7.06. The van der Waals surface area contributed by atoms with Gasteiger partial charge < -0.3 is 4.74 Å². The van der Waals surface area contributed by atoms with Gasteiger partial charge in [0.05, 0.1) is 5.02 Å². The molecule has 0 aliphatic heterocycles. The van der Waals surface area contributed by atoms with E-state index in [9.17, 15) is 4.39 Å². The van der Waals surface area contributed by atoms with E-state index >= 15 is 0 Å². The van der Waals surface area contributed by atoms with Crippen LogP contribution in [0.2, 0.25) is 5.02 Å². The number of halogens is 2. The summed E-state index contributed by atoms with van der Waals surface area (Å²) in [6.07, 6.45) is 1.88. The van der Waals surface area contributed by atoms with Gasteiger partial charge >= 0.3 is 0 Å². The Bertz CT molecular complexity index is 654. The van der Waals surface area contributed by atoms with E-state index in [2.05, 4.69) is 6.07 Å². The zero-order valence-electron chi connectivity index (χ0n) is 9.98. The third-order valence-corrected chi connectivity index (χ3v) is 3.53. The number of thioether (sulfide) groups is 1. The molecule has 0 saturated heterocycles. The molecule has 0 unspecified atom stereocenters. The van der Waals surface area contributed by atoms with Crippen LogP contribution in [0.15, 0.2) is 41.3 Å². The fourth-order valence-corrected chi connectivity index (χ4v) is 2.23. The Morgan fingerprint density at radius 3 is 2.74 bits per heavy atom. The van der Waals surface area contributed by atoms with Crippen molar-refractivity contribution in [2.45, 2.75) is 4.90 Å². The zero-order valence-corrected chi connectivity index (χ0v) is 11.6. The lowest BCUT2D eigenvalue weighted by Crippen LogP contribution is -1.91. The number of rotatable bonds is 3. The molecular formula is C14H9ClFNOS. The van der Waals surface area contributed by atoms with Gasteiger partial charge in [0.1, 0.15) is 28.9 Å². The molecule has 0 aliphatic carbocycles. The summed E-state index contributed by atoms with van der Waals surface area (Å²) in [5, 5.41) is 9.20. The van der Waals surface area contributed by atoms with Gasteiger partial charge in [-0.05, 0) is 30.5 Å². The summed E-state index contributed by atoms with van der Waals surface area (Å²) in [5.74, 6) is 0.145. The molecule has 0 heterocycles. The van der Waals surface area contributed by atoms with Crippen LogP contribution in [0.1, 0.15) is 5.56 Å². The van der Waals surface area contributed by atoms with Crippen LogP contribution >= 0.6 is 23.4 Å². The van der Waals surface area contributed by atoms with E-state index in [1.165, 1.54) is 23.9 Å².